The Morgan fingerprint density at radius 1 is 1.05 bits per heavy atom. The van der Waals surface area contributed by atoms with Crippen molar-refractivity contribution < 1.29 is 9.84 Å². The third kappa shape index (κ3) is 6.05. The summed E-state index contributed by atoms with van der Waals surface area (Å²) < 4.78 is 6.41. The van der Waals surface area contributed by atoms with Crippen LogP contribution in [-0.2, 0) is 13.0 Å². The fourth-order valence-electron chi connectivity index (χ4n) is 7.12. The molecule has 3 aliphatic rings. The number of hydrogen-bond donors (Lipinski definition) is 1. The molecule has 0 saturated carbocycles. The molecule has 2 unspecified atom stereocenters. The van der Waals surface area contributed by atoms with Crippen molar-refractivity contribution in [2.75, 3.05) is 49.1 Å². The van der Waals surface area contributed by atoms with Crippen molar-refractivity contribution >= 4 is 22.3 Å². The van der Waals surface area contributed by atoms with Crippen molar-refractivity contribution in [1.29, 1.82) is 5.26 Å². The molecule has 3 atom stereocenters. The SMILES string of the molecule is C=CC(O)N1CCN(c2nc(OC[C@@H]3CCCN3C(C)C)nc3c2CCN(c2cccc4ccccc24)C3)CC1CC#N. The molecule has 0 radical (unpaired) electrons. The number of nitrogens with zero attached hydrogens (tertiary/aromatic N) is 7. The molecule has 4 heterocycles. The quantitative estimate of drug-likeness (QED) is 0.370. The molecule has 9 heteroatoms. The highest BCUT2D eigenvalue weighted by Gasteiger charge is 2.34. The number of benzene rings is 2. The van der Waals surface area contributed by atoms with Crippen molar-refractivity contribution in [1.82, 2.24) is 19.8 Å². The summed E-state index contributed by atoms with van der Waals surface area (Å²) in [5, 5.41) is 22.6. The maximum atomic E-state index is 10.5. The molecule has 3 aliphatic heterocycles. The number of ether oxygens (including phenoxy) is 1. The summed E-state index contributed by atoms with van der Waals surface area (Å²) in [4.78, 5) is 19.2. The van der Waals surface area contributed by atoms with Crippen molar-refractivity contribution in [3.63, 3.8) is 0 Å². The smallest absolute Gasteiger partial charge is 0.318 e. The predicted octanol–water partition coefficient (Wildman–Crippen LogP) is 4.35. The van der Waals surface area contributed by atoms with Gasteiger partial charge in [-0.15, -0.1) is 0 Å². The van der Waals surface area contributed by atoms with E-state index in [4.69, 9.17) is 14.7 Å². The van der Waals surface area contributed by atoms with E-state index in [1.54, 1.807) is 0 Å². The van der Waals surface area contributed by atoms with Gasteiger partial charge in [0, 0.05) is 60.9 Å². The van der Waals surface area contributed by atoms with Crippen LogP contribution in [0.5, 0.6) is 6.01 Å². The number of aliphatic hydroxyl groups is 1. The average Bonchev–Trinajstić information content (AvgIpc) is 3.52. The number of likely N-dealkylation sites (tertiary alicyclic amines) is 1. The summed E-state index contributed by atoms with van der Waals surface area (Å²) >= 11 is 0. The summed E-state index contributed by atoms with van der Waals surface area (Å²) in [5.41, 5.74) is 3.37. The monoisotopic (exact) mass is 581 g/mol. The summed E-state index contributed by atoms with van der Waals surface area (Å²) in [6.45, 7) is 13.4. The van der Waals surface area contributed by atoms with Crippen molar-refractivity contribution in [2.45, 2.75) is 70.4 Å². The molecule has 0 aliphatic carbocycles. The van der Waals surface area contributed by atoms with Gasteiger partial charge < -0.3 is 19.6 Å². The lowest BCUT2D eigenvalue weighted by Gasteiger charge is -2.43. The zero-order chi connectivity index (χ0) is 29.9. The van der Waals surface area contributed by atoms with Gasteiger partial charge in [-0.2, -0.15) is 15.2 Å². The zero-order valence-electron chi connectivity index (χ0n) is 25.4. The van der Waals surface area contributed by atoms with Crippen molar-refractivity contribution in [3.8, 4) is 12.1 Å². The molecule has 0 bridgehead atoms. The van der Waals surface area contributed by atoms with Crippen LogP contribution >= 0.6 is 0 Å². The Bertz CT molecular complexity index is 1480. The van der Waals surface area contributed by atoms with Gasteiger partial charge >= 0.3 is 6.01 Å². The van der Waals surface area contributed by atoms with E-state index in [1.165, 1.54) is 29.0 Å². The maximum Gasteiger partial charge on any atom is 0.318 e. The van der Waals surface area contributed by atoms with Gasteiger partial charge in [0.25, 0.3) is 0 Å². The van der Waals surface area contributed by atoms with Crippen LogP contribution in [0.15, 0.2) is 55.1 Å². The fourth-order valence-corrected chi connectivity index (χ4v) is 7.12. The van der Waals surface area contributed by atoms with Crippen molar-refractivity contribution in [2.24, 2.45) is 0 Å². The Morgan fingerprint density at radius 2 is 1.88 bits per heavy atom. The molecule has 2 saturated heterocycles. The first kappa shape index (κ1) is 29.4. The number of piperazine rings is 1. The molecule has 2 fully saturated rings. The fraction of sp³-hybridized carbons (Fsp3) is 0.500. The molecule has 1 aromatic heterocycles. The minimum atomic E-state index is -0.775. The Balaban J connectivity index is 1.32. The second-order valence-corrected chi connectivity index (χ2v) is 12.2. The molecule has 1 N–H and O–H groups in total. The van der Waals surface area contributed by atoms with Crippen LogP contribution in [0.1, 0.15) is 44.4 Å². The third-order valence-corrected chi connectivity index (χ3v) is 9.33. The standard InChI is InChI=1S/C34H43N7O2/c1-4-32(42)41-20-19-39(21-26(41)14-16-35)33-29-15-18-38(31-13-7-10-25-9-5-6-12-28(25)31)22-30(29)36-34(37-33)43-23-27-11-8-17-40(27)24(2)3/h4-7,9-10,12-13,24,26-27,32,42H,1,8,11,14-15,17-23H2,2-3H3/t26?,27-,32?/m0/s1. The molecule has 2 aromatic carbocycles. The highest BCUT2D eigenvalue weighted by Crippen LogP contribution is 2.35. The highest BCUT2D eigenvalue weighted by molar-refractivity contribution is 5.94. The molecule has 0 amide bonds. The number of anilines is 2. The van der Waals surface area contributed by atoms with E-state index in [2.05, 4.69) is 83.7 Å². The van der Waals surface area contributed by atoms with Crippen molar-refractivity contribution in [3.05, 3.63) is 66.4 Å². The van der Waals surface area contributed by atoms with Crippen LogP contribution in [0.3, 0.4) is 0 Å². The summed E-state index contributed by atoms with van der Waals surface area (Å²) in [5.74, 6) is 0.903. The minimum Gasteiger partial charge on any atom is -0.462 e. The lowest BCUT2D eigenvalue weighted by Crippen LogP contribution is -2.56. The Kier molecular flexibility index (Phi) is 8.80. The topological polar surface area (TPSA) is 92.0 Å². The van der Waals surface area contributed by atoms with Gasteiger partial charge in [0.1, 0.15) is 18.7 Å². The lowest BCUT2D eigenvalue weighted by atomic mass is 10.0. The highest BCUT2D eigenvalue weighted by atomic mass is 16.5. The number of aliphatic hydroxyl groups excluding tert-OH is 1. The molecule has 9 nitrogen and oxygen atoms in total. The molecular weight excluding hydrogens is 538 g/mol. The van der Waals surface area contributed by atoms with E-state index in [9.17, 15) is 10.4 Å². The van der Waals surface area contributed by atoms with Crippen LogP contribution in [0.2, 0.25) is 0 Å². The maximum absolute atomic E-state index is 10.5. The van der Waals surface area contributed by atoms with Crippen LogP contribution in [-0.4, -0.2) is 88.6 Å². The van der Waals surface area contributed by atoms with Gasteiger partial charge in [0.15, 0.2) is 0 Å². The summed E-state index contributed by atoms with van der Waals surface area (Å²) in [6.07, 6.45) is 4.20. The minimum absolute atomic E-state index is 0.129. The number of rotatable bonds is 9. The molecule has 226 valence electrons. The van der Waals surface area contributed by atoms with Gasteiger partial charge in [-0.3, -0.25) is 9.80 Å². The molecule has 43 heavy (non-hydrogen) atoms. The van der Waals surface area contributed by atoms with Crippen LogP contribution in [0, 0.1) is 11.3 Å². The number of fused-ring (bicyclic) bond motifs is 2. The van der Waals surface area contributed by atoms with E-state index >= 15 is 0 Å². The molecule has 3 aromatic rings. The average molecular weight is 582 g/mol. The van der Waals surface area contributed by atoms with Crippen LogP contribution in [0.4, 0.5) is 11.5 Å². The van der Waals surface area contributed by atoms with E-state index in [0.717, 1.165) is 43.0 Å². The Labute approximate surface area is 255 Å². The van der Waals surface area contributed by atoms with E-state index in [-0.39, 0.29) is 6.04 Å². The molecule has 0 spiro atoms. The first-order valence-electron chi connectivity index (χ1n) is 15.7. The van der Waals surface area contributed by atoms with E-state index < -0.39 is 6.23 Å². The zero-order valence-corrected chi connectivity index (χ0v) is 25.4. The number of nitriles is 1. The van der Waals surface area contributed by atoms with E-state index in [0.29, 0.717) is 57.3 Å². The van der Waals surface area contributed by atoms with Gasteiger partial charge in [0.05, 0.1) is 24.7 Å². The van der Waals surface area contributed by atoms with Gasteiger partial charge in [0.2, 0.25) is 0 Å². The Hall–Kier alpha value is -3.71. The molecule has 6 rings (SSSR count). The summed E-state index contributed by atoms with van der Waals surface area (Å²) in [6, 6.07) is 18.5. The Morgan fingerprint density at radius 3 is 2.70 bits per heavy atom. The number of aromatic nitrogens is 2. The second-order valence-electron chi connectivity index (χ2n) is 12.2. The predicted molar refractivity (Wildman–Crippen MR) is 170 cm³/mol. The van der Waals surface area contributed by atoms with Gasteiger partial charge in [-0.25, -0.2) is 0 Å². The first-order valence-corrected chi connectivity index (χ1v) is 15.7. The normalized spacial score (nSPS) is 22.0. The number of hydrogen-bond acceptors (Lipinski definition) is 9. The van der Waals surface area contributed by atoms with Crippen LogP contribution in [0.25, 0.3) is 10.8 Å². The lowest BCUT2D eigenvalue weighted by molar-refractivity contribution is 0.00430. The van der Waals surface area contributed by atoms with E-state index in [1.807, 2.05) is 4.90 Å². The van der Waals surface area contributed by atoms with Crippen LogP contribution < -0.4 is 14.5 Å². The van der Waals surface area contributed by atoms with Gasteiger partial charge in [-0.05, 0) is 57.2 Å². The largest absolute Gasteiger partial charge is 0.462 e. The summed E-state index contributed by atoms with van der Waals surface area (Å²) in [7, 11) is 0. The first-order chi connectivity index (χ1) is 21.0. The van der Waals surface area contributed by atoms with Gasteiger partial charge in [-0.1, -0.05) is 43.0 Å². The molecular formula is C34H43N7O2. The third-order valence-electron chi connectivity index (χ3n) is 9.33. The second kappa shape index (κ2) is 12.9.